The van der Waals surface area contributed by atoms with Gasteiger partial charge in [-0.15, -0.1) is 0 Å². The summed E-state index contributed by atoms with van der Waals surface area (Å²) in [7, 11) is 2.04. The van der Waals surface area contributed by atoms with Gasteiger partial charge in [0.25, 0.3) is 0 Å². The molecule has 0 aliphatic carbocycles. The number of rotatable bonds is 3. The van der Waals surface area contributed by atoms with Crippen molar-refractivity contribution < 1.29 is 0 Å². The normalized spacial score (nSPS) is 11.9. The van der Waals surface area contributed by atoms with Gasteiger partial charge in [-0.25, -0.2) is 5.32 Å². The smallest absolute Gasteiger partial charge is 0.190 e. The highest BCUT2D eigenvalue weighted by atomic mass is 15.3. The van der Waals surface area contributed by atoms with Crippen molar-refractivity contribution in [1.29, 1.82) is 15.8 Å². The van der Waals surface area contributed by atoms with Gasteiger partial charge in [-0.2, -0.15) is 15.8 Å². The van der Waals surface area contributed by atoms with Crippen molar-refractivity contribution >= 4 is 0 Å². The standard InChI is InChI=1S/C8H13N3.C2HN3/c1-10-6-7-11(8-10)5-3-2-4-9;3-1-5-2-4/h6-7H,2-3,5,8H2,1H3;5H. The molecule has 6 nitrogen and oxygen atoms in total. The minimum absolute atomic E-state index is 0.661. The van der Waals surface area contributed by atoms with E-state index in [4.69, 9.17) is 15.8 Å². The van der Waals surface area contributed by atoms with E-state index in [2.05, 4.69) is 22.1 Å². The molecule has 0 saturated heterocycles. The maximum Gasteiger partial charge on any atom is 0.190 e. The molecule has 84 valence electrons. The Labute approximate surface area is 95.6 Å². The third-order valence-electron chi connectivity index (χ3n) is 1.78. The summed E-state index contributed by atoms with van der Waals surface area (Å²) in [5.41, 5.74) is 0. The van der Waals surface area contributed by atoms with Gasteiger partial charge in [-0.1, -0.05) is 0 Å². The van der Waals surface area contributed by atoms with Crippen molar-refractivity contribution in [1.82, 2.24) is 15.1 Å². The second kappa shape index (κ2) is 9.18. The van der Waals surface area contributed by atoms with Gasteiger partial charge < -0.3 is 9.80 Å². The number of nitriles is 3. The SMILES string of the molecule is CN1C=CN(CCCC#N)C1.N#CNC#N. The highest BCUT2D eigenvalue weighted by molar-refractivity contribution is 4.88. The molecule has 0 spiro atoms. The first kappa shape index (κ1) is 13.6. The van der Waals surface area contributed by atoms with Crippen molar-refractivity contribution in [3.8, 4) is 18.5 Å². The van der Waals surface area contributed by atoms with Crippen LogP contribution < -0.4 is 5.32 Å². The molecule has 0 fully saturated rings. The van der Waals surface area contributed by atoms with Crippen LogP contribution in [-0.2, 0) is 0 Å². The zero-order chi connectivity index (χ0) is 12.2. The molecule has 1 rings (SSSR count). The molecule has 0 amide bonds. The Hall–Kier alpha value is -2.39. The molecule has 0 atom stereocenters. The predicted octanol–water partition coefficient (Wildman–Crippen LogP) is 0.504. The van der Waals surface area contributed by atoms with E-state index >= 15 is 0 Å². The van der Waals surface area contributed by atoms with Gasteiger partial charge >= 0.3 is 0 Å². The quantitative estimate of drug-likeness (QED) is 0.421. The van der Waals surface area contributed by atoms with E-state index in [1.807, 2.05) is 13.2 Å². The Bertz CT molecular complexity index is 317. The highest BCUT2D eigenvalue weighted by Gasteiger charge is 2.06. The summed E-state index contributed by atoms with van der Waals surface area (Å²) in [6.45, 7) is 1.96. The third kappa shape index (κ3) is 7.06. The van der Waals surface area contributed by atoms with Crippen LogP contribution in [0.25, 0.3) is 0 Å². The number of hydrogen-bond acceptors (Lipinski definition) is 6. The first-order chi connectivity index (χ1) is 7.74. The van der Waals surface area contributed by atoms with E-state index in [0.29, 0.717) is 6.42 Å². The van der Waals surface area contributed by atoms with Crippen LogP contribution in [0.15, 0.2) is 12.4 Å². The van der Waals surface area contributed by atoms with Crippen LogP contribution in [0, 0.1) is 34.2 Å². The summed E-state index contributed by atoms with van der Waals surface area (Å²) in [5, 5.41) is 25.0. The lowest BCUT2D eigenvalue weighted by Crippen LogP contribution is -2.23. The molecule has 1 aliphatic rings. The average Bonchev–Trinajstić information content (AvgIpc) is 2.67. The Balaban J connectivity index is 0.000000385. The van der Waals surface area contributed by atoms with Gasteiger partial charge in [-0.3, -0.25) is 0 Å². The van der Waals surface area contributed by atoms with Crippen molar-refractivity contribution in [3.63, 3.8) is 0 Å². The largest absolute Gasteiger partial charge is 0.362 e. The molecule has 0 aromatic carbocycles. The summed E-state index contributed by atoms with van der Waals surface area (Å²) in [4.78, 5) is 4.32. The predicted molar refractivity (Wildman–Crippen MR) is 57.7 cm³/mol. The second-order valence-corrected chi connectivity index (χ2v) is 3.12. The number of hydrogen-bond donors (Lipinski definition) is 1. The van der Waals surface area contributed by atoms with Crippen molar-refractivity contribution in [2.24, 2.45) is 0 Å². The highest BCUT2D eigenvalue weighted by Crippen LogP contribution is 2.04. The average molecular weight is 218 g/mol. The van der Waals surface area contributed by atoms with Crippen molar-refractivity contribution in [3.05, 3.63) is 12.4 Å². The first-order valence-electron chi connectivity index (χ1n) is 4.77. The van der Waals surface area contributed by atoms with Crippen molar-refractivity contribution in [2.75, 3.05) is 20.3 Å². The van der Waals surface area contributed by atoms with E-state index in [9.17, 15) is 0 Å². The number of nitrogens with one attached hydrogen (secondary N) is 1. The van der Waals surface area contributed by atoms with Crippen molar-refractivity contribution in [2.45, 2.75) is 12.8 Å². The maximum atomic E-state index is 8.30. The fraction of sp³-hybridized carbons (Fsp3) is 0.500. The van der Waals surface area contributed by atoms with E-state index in [-0.39, 0.29) is 0 Å². The molecule has 1 N–H and O–H groups in total. The van der Waals surface area contributed by atoms with E-state index < -0.39 is 0 Å². The molecule has 0 unspecified atom stereocenters. The van der Waals surface area contributed by atoms with Gasteiger partial charge in [0.2, 0.25) is 0 Å². The summed E-state index contributed by atoms with van der Waals surface area (Å²) in [5.74, 6) is 0. The summed E-state index contributed by atoms with van der Waals surface area (Å²) >= 11 is 0. The zero-order valence-electron chi connectivity index (χ0n) is 9.22. The lowest BCUT2D eigenvalue weighted by atomic mass is 10.3. The first-order valence-corrected chi connectivity index (χ1v) is 4.77. The molecule has 1 heterocycles. The van der Waals surface area contributed by atoms with Crippen LogP contribution in [0.1, 0.15) is 12.8 Å². The number of nitrogens with zero attached hydrogens (tertiary/aromatic N) is 5. The van der Waals surface area contributed by atoms with E-state index in [1.54, 1.807) is 5.32 Å². The monoisotopic (exact) mass is 218 g/mol. The molecular formula is C10H14N6. The lowest BCUT2D eigenvalue weighted by molar-refractivity contribution is 0.295. The van der Waals surface area contributed by atoms with Crippen LogP contribution in [0.3, 0.4) is 0 Å². The summed E-state index contributed by atoms with van der Waals surface area (Å²) in [6.07, 6.45) is 8.56. The lowest BCUT2D eigenvalue weighted by Gasteiger charge is -2.16. The Morgan fingerprint density at radius 1 is 1.25 bits per heavy atom. The summed E-state index contributed by atoms with van der Waals surface area (Å²) < 4.78 is 0. The molecule has 1 aliphatic heterocycles. The Morgan fingerprint density at radius 3 is 2.31 bits per heavy atom. The molecule has 16 heavy (non-hydrogen) atoms. The van der Waals surface area contributed by atoms with Gasteiger partial charge in [0.05, 0.1) is 12.7 Å². The number of unbranched alkanes of at least 4 members (excludes halogenated alkanes) is 1. The molecular weight excluding hydrogens is 204 g/mol. The van der Waals surface area contributed by atoms with E-state index in [0.717, 1.165) is 19.6 Å². The van der Waals surface area contributed by atoms with Crippen LogP contribution in [0.4, 0.5) is 0 Å². The summed E-state index contributed by atoms with van der Waals surface area (Å²) in [6, 6.07) is 2.14. The van der Waals surface area contributed by atoms with Gasteiger partial charge in [0, 0.05) is 32.4 Å². The topological polar surface area (TPSA) is 89.9 Å². The second-order valence-electron chi connectivity index (χ2n) is 3.12. The molecule has 6 heteroatoms. The van der Waals surface area contributed by atoms with E-state index in [1.165, 1.54) is 12.4 Å². The van der Waals surface area contributed by atoms with Crippen LogP contribution in [-0.4, -0.2) is 30.1 Å². The maximum absolute atomic E-state index is 8.30. The molecule has 0 radical (unpaired) electrons. The fourth-order valence-corrected chi connectivity index (χ4v) is 1.12. The van der Waals surface area contributed by atoms with Crippen LogP contribution in [0.2, 0.25) is 0 Å². The zero-order valence-corrected chi connectivity index (χ0v) is 9.22. The third-order valence-corrected chi connectivity index (χ3v) is 1.78. The molecule has 0 aromatic rings. The molecule has 0 saturated carbocycles. The molecule has 0 bridgehead atoms. The molecule has 0 aromatic heterocycles. The van der Waals surface area contributed by atoms with Gasteiger partial charge in [-0.05, 0) is 6.42 Å². The Kier molecular flexibility index (Phi) is 7.81. The van der Waals surface area contributed by atoms with Gasteiger partial charge in [0.1, 0.15) is 0 Å². The Morgan fingerprint density at radius 2 is 1.94 bits per heavy atom. The minimum Gasteiger partial charge on any atom is -0.362 e. The fourth-order valence-electron chi connectivity index (χ4n) is 1.12. The van der Waals surface area contributed by atoms with Crippen LogP contribution >= 0.6 is 0 Å². The minimum atomic E-state index is 0.661. The van der Waals surface area contributed by atoms with Crippen LogP contribution in [0.5, 0.6) is 0 Å². The van der Waals surface area contributed by atoms with Gasteiger partial charge in [0.15, 0.2) is 12.4 Å².